The van der Waals surface area contributed by atoms with E-state index in [0.717, 1.165) is 6.07 Å². The zero-order valence-electron chi connectivity index (χ0n) is 21.7. The second kappa shape index (κ2) is 11.0. The Bertz CT molecular complexity index is 1690. The third-order valence-corrected chi connectivity index (χ3v) is 7.55. The molecule has 0 aliphatic carbocycles. The van der Waals surface area contributed by atoms with Gasteiger partial charge < -0.3 is 9.47 Å². The summed E-state index contributed by atoms with van der Waals surface area (Å²) in [4.78, 5) is 38.3. The molecule has 1 aromatic heterocycles. The second-order valence-electron chi connectivity index (χ2n) is 8.71. The van der Waals surface area contributed by atoms with E-state index in [-0.39, 0.29) is 16.1 Å². The van der Waals surface area contributed by atoms with E-state index in [2.05, 4.69) is 4.72 Å². The molecule has 1 heterocycles. The van der Waals surface area contributed by atoms with Crippen molar-refractivity contribution < 1.29 is 27.5 Å². The topological polar surface area (TPSA) is 126 Å². The molecule has 0 aliphatic rings. The Kier molecular flexibility index (Phi) is 7.73. The first kappa shape index (κ1) is 27.4. The van der Waals surface area contributed by atoms with E-state index in [1.165, 1.54) is 36.9 Å². The molecule has 0 spiro atoms. The minimum absolute atomic E-state index is 0.0706. The van der Waals surface area contributed by atoms with Crippen LogP contribution >= 0.6 is 0 Å². The number of carbonyl (C=O) groups is 2. The lowest BCUT2D eigenvalue weighted by molar-refractivity contribution is 0.0318. The molecule has 0 amide bonds. The SMILES string of the molecule is COc1ccc(C(=O)C(C)OC(=O)c2cccc(S(=O)(=O)Nc3c(C)n(C)n(-c4ccccc4)c3=O)c2)cc1. The first-order chi connectivity index (χ1) is 18.5. The number of benzene rings is 3. The highest BCUT2D eigenvalue weighted by molar-refractivity contribution is 7.92. The van der Waals surface area contributed by atoms with Crippen molar-refractivity contribution in [3.05, 3.63) is 106 Å². The number of rotatable bonds is 9. The summed E-state index contributed by atoms with van der Waals surface area (Å²) in [5, 5.41) is 0. The lowest BCUT2D eigenvalue weighted by atomic mass is 10.1. The number of esters is 1. The fourth-order valence-corrected chi connectivity index (χ4v) is 5.10. The first-order valence-electron chi connectivity index (χ1n) is 11.9. The van der Waals surface area contributed by atoms with Crippen LogP contribution in [0.25, 0.3) is 5.69 Å². The Morgan fingerprint density at radius 3 is 2.23 bits per heavy atom. The van der Waals surface area contributed by atoms with Crippen molar-refractivity contribution in [1.82, 2.24) is 9.36 Å². The maximum Gasteiger partial charge on any atom is 0.338 e. The molecular formula is C28H27N3O7S. The van der Waals surface area contributed by atoms with Crippen LogP contribution < -0.4 is 15.0 Å². The quantitative estimate of drug-likeness (QED) is 0.249. The Morgan fingerprint density at radius 2 is 1.59 bits per heavy atom. The van der Waals surface area contributed by atoms with Crippen LogP contribution in [0.5, 0.6) is 5.75 Å². The number of sulfonamides is 1. The molecule has 0 radical (unpaired) electrons. The van der Waals surface area contributed by atoms with Gasteiger partial charge in [-0.3, -0.25) is 19.0 Å². The van der Waals surface area contributed by atoms with Gasteiger partial charge in [0.1, 0.15) is 11.4 Å². The van der Waals surface area contributed by atoms with Crippen molar-refractivity contribution >= 4 is 27.5 Å². The average molecular weight is 550 g/mol. The van der Waals surface area contributed by atoms with Gasteiger partial charge in [-0.2, -0.15) is 0 Å². The summed E-state index contributed by atoms with van der Waals surface area (Å²) in [7, 11) is -1.11. The Labute approximate surface area is 225 Å². The van der Waals surface area contributed by atoms with Crippen LogP contribution in [0.15, 0.2) is 88.6 Å². The molecule has 4 rings (SSSR count). The smallest absolute Gasteiger partial charge is 0.338 e. The van der Waals surface area contributed by atoms with E-state index in [9.17, 15) is 22.8 Å². The predicted octanol–water partition coefficient (Wildman–Crippen LogP) is 3.72. The van der Waals surface area contributed by atoms with Crippen LogP contribution in [0.3, 0.4) is 0 Å². The van der Waals surface area contributed by atoms with Gasteiger partial charge >= 0.3 is 5.97 Å². The number of nitrogens with zero attached hydrogens (tertiary/aromatic N) is 2. The minimum atomic E-state index is -4.26. The zero-order chi connectivity index (χ0) is 28.3. The number of carbonyl (C=O) groups excluding carboxylic acids is 2. The summed E-state index contributed by atoms with van der Waals surface area (Å²) in [5.41, 5.74) is 0.560. The van der Waals surface area contributed by atoms with Crippen molar-refractivity contribution in [2.45, 2.75) is 24.8 Å². The largest absolute Gasteiger partial charge is 0.497 e. The number of methoxy groups -OCH3 is 1. The summed E-state index contributed by atoms with van der Waals surface area (Å²) in [6, 6.07) is 20.3. The van der Waals surface area contributed by atoms with Gasteiger partial charge in [0.25, 0.3) is 15.6 Å². The van der Waals surface area contributed by atoms with Crippen LogP contribution in [-0.4, -0.2) is 42.7 Å². The molecule has 3 aromatic carbocycles. The van der Waals surface area contributed by atoms with E-state index >= 15 is 0 Å². The molecule has 11 heteroatoms. The monoisotopic (exact) mass is 549 g/mol. The van der Waals surface area contributed by atoms with Crippen LogP contribution in [0.1, 0.15) is 33.3 Å². The predicted molar refractivity (Wildman–Crippen MR) is 145 cm³/mol. The van der Waals surface area contributed by atoms with Gasteiger partial charge in [-0.15, -0.1) is 0 Å². The van der Waals surface area contributed by atoms with Crippen LogP contribution in [0.4, 0.5) is 5.69 Å². The fourth-order valence-electron chi connectivity index (χ4n) is 3.94. The standard InChI is InChI=1S/C28H27N3O7S/c1-18-25(27(33)31(30(18)3)22-10-6-5-7-11-22)29-39(35,36)24-12-8-9-21(17-24)28(34)38-19(2)26(32)20-13-15-23(37-4)16-14-20/h5-17,19,29H,1-4H3. The number of hydrogen-bond donors (Lipinski definition) is 1. The molecule has 202 valence electrons. The third-order valence-electron chi connectivity index (χ3n) is 6.20. The van der Waals surface area contributed by atoms with E-state index < -0.39 is 33.4 Å². The fraction of sp³-hybridized carbons (Fsp3) is 0.179. The number of nitrogens with one attached hydrogen (secondary N) is 1. The molecule has 0 aliphatic heterocycles. The number of ketones is 1. The summed E-state index contributed by atoms with van der Waals surface area (Å²) in [6.07, 6.45) is -1.12. The number of aromatic nitrogens is 2. The lowest BCUT2D eigenvalue weighted by Gasteiger charge is -2.13. The third kappa shape index (κ3) is 5.63. The van der Waals surface area contributed by atoms with Crippen LogP contribution in [0.2, 0.25) is 0 Å². The molecule has 39 heavy (non-hydrogen) atoms. The Hall–Kier alpha value is -4.64. The molecule has 1 unspecified atom stereocenters. The van der Waals surface area contributed by atoms with Gasteiger partial charge in [-0.1, -0.05) is 24.3 Å². The lowest BCUT2D eigenvalue weighted by Crippen LogP contribution is -2.25. The number of para-hydroxylation sites is 1. The molecule has 0 saturated carbocycles. The summed E-state index contributed by atoms with van der Waals surface area (Å²) >= 11 is 0. The second-order valence-corrected chi connectivity index (χ2v) is 10.4. The molecule has 0 fully saturated rings. The van der Waals surface area contributed by atoms with Gasteiger partial charge in [0.05, 0.1) is 29.0 Å². The van der Waals surface area contributed by atoms with Crippen molar-refractivity contribution in [2.24, 2.45) is 7.05 Å². The number of anilines is 1. The average Bonchev–Trinajstić information content (AvgIpc) is 3.15. The summed E-state index contributed by atoms with van der Waals surface area (Å²) < 4.78 is 42.1. The first-order valence-corrected chi connectivity index (χ1v) is 13.4. The van der Waals surface area contributed by atoms with Crippen molar-refractivity contribution in [2.75, 3.05) is 11.8 Å². The van der Waals surface area contributed by atoms with E-state index in [1.54, 1.807) is 67.2 Å². The minimum Gasteiger partial charge on any atom is -0.497 e. The van der Waals surface area contributed by atoms with E-state index in [0.29, 0.717) is 22.7 Å². The van der Waals surface area contributed by atoms with Crippen molar-refractivity contribution in [3.63, 3.8) is 0 Å². The number of hydrogen-bond acceptors (Lipinski definition) is 7. The summed E-state index contributed by atoms with van der Waals surface area (Å²) in [5.74, 6) is -0.720. The van der Waals surface area contributed by atoms with Crippen molar-refractivity contribution in [3.8, 4) is 11.4 Å². The van der Waals surface area contributed by atoms with E-state index in [1.807, 2.05) is 6.07 Å². The molecule has 0 saturated heterocycles. The van der Waals surface area contributed by atoms with Gasteiger partial charge in [0.15, 0.2) is 6.10 Å². The van der Waals surface area contributed by atoms with Gasteiger partial charge in [-0.25, -0.2) is 17.9 Å². The summed E-state index contributed by atoms with van der Waals surface area (Å²) in [6.45, 7) is 3.05. The van der Waals surface area contributed by atoms with Gasteiger partial charge in [0.2, 0.25) is 5.78 Å². The molecule has 4 aromatic rings. The molecular weight excluding hydrogens is 522 g/mol. The molecule has 0 bridgehead atoms. The Morgan fingerprint density at radius 1 is 0.923 bits per heavy atom. The number of ether oxygens (including phenoxy) is 2. The normalized spacial score (nSPS) is 12.0. The van der Waals surface area contributed by atoms with Gasteiger partial charge in [0, 0.05) is 12.6 Å². The zero-order valence-corrected chi connectivity index (χ0v) is 22.6. The molecule has 1 atom stereocenters. The highest BCUT2D eigenvalue weighted by Gasteiger charge is 2.25. The molecule has 10 nitrogen and oxygen atoms in total. The number of Topliss-reactive ketones (excluding diaryl/α,β-unsaturated/α-hetero) is 1. The van der Waals surface area contributed by atoms with Crippen molar-refractivity contribution in [1.29, 1.82) is 0 Å². The van der Waals surface area contributed by atoms with Crippen LogP contribution in [-0.2, 0) is 21.8 Å². The van der Waals surface area contributed by atoms with Crippen LogP contribution in [0, 0.1) is 6.92 Å². The highest BCUT2D eigenvalue weighted by Crippen LogP contribution is 2.21. The van der Waals surface area contributed by atoms with Gasteiger partial charge in [-0.05, 0) is 68.4 Å². The Balaban J connectivity index is 1.54. The maximum atomic E-state index is 13.2. The highest BCUT2D eigenvalue weighted by atomic mass is 32.2. The van der Waals surface area contributed by atoms with E-state index in [4.69, 9.17) is 9.47 Å². The molecule has 1 N–H and O–H groups in total. The maximum absolute atomic E-state index is 13.2.